The molecule has 0 fully saturated rings. The van der Waals surface area contributed by atoms with E-state index >= 15 is 0 Å². The van der Waals surface area contributed by atoms with Crippen LogP contribution in [0.15, 0.2) is 36.4 Å². The van der Waals surface area contributed by atoms with Gasteiger partial charge in [0.05, 0.1) is 6.04 Å². The smallest absolute Gasteiger partial charge is 0.254 e. The van der Waals surface area contributed by atoms with Gasteiger partial charge >= 0.3 is 0 Å². The minimum atomic E-state index is -0.332. The molecule has 0 aliphatic carbocycles. The zero-order valence-electron chi connectivity index (χ0n) is 11.2. The highest BCUT2D eigenvalue weighted by molar-refractivity contribution is 7.12. The van der Waals surface area contributed by atoms with E-state index in [1.165, 1.54) is 29.1 Å². The van der Waals surface area contributed by atoms with Crippen molar-refractivity contribution in [2.45, 2.75) is 19.9 Å². The third kappa shape index (κ3) is 3.01. The third-order valence-corrected chi connectivity index (χ3v) is 4.34. The van der Waals surface area contributed by atoms with Gasteiger partial charge in [0.15, 0.2) is 0 Å². The first-order valence-corrected chi connectivity index (χ1v) is 6.89. The molecule has 1 aromatic carbocycles. The van der Waals surface area contributed by atoms with Crippen LogP contribution in [0.5, 0.6) is 0 Å². The highest BCUT2D eigenvalue weighted by Crippen LogP contribution is 2.27. The molecule has 19 heavy (non-hydrogen) atoms. The number of hydrogen-bond acceptors (Lipinski definition) is 2. The van der Waals surface area contributed by atoms with E-state index in [4.69, 9.17) is 0 Å². The number of aryl methyl sites for hydroxylation is 1. The lowest BCUT2D eigenvalue weighted by Crippen LogP contribution is -2.29. The molecule has 0 spiro atoms. The van der Waals surface area contributed by atoms with E-state index in [1.807, 2.05) is 26.0 Å². The molecule has 0 radical (unpaired) electrons. The minimum absolute atomic E-state index is 0.0104. The molecule has 2 rings (SSSR count). The molecule has 1 atom stereocenters. The molecule has 0 saturated carbocycles. The van der Waals surface area contributed by atoms with Crippen molar-refractivity contribution in [1.29, 1.82) is 0 Å². The normalized spacial score (nSPS) is 12.2. The van der Waals surface area contributed by atoms with E-state index in [-0.39, 0.29) is 17.8 Å². The maximum Gasteiger partial charge on any atom is 0.254 e. The van der Waals surface area contributed by atoms with Crippen LogP contribution < -0.4 is 0 Å². The van der Waals surface area contributed by atoms with Gasteiger partial charge in [-0.1, -0.05) is 0 Å². The van der Waals surface area contributed by atoms with Crippen molar-refractivity contribution in [3.05, 3.63) is 57.5 Å². The van der Waals surface area contributed by atoms with Gasteiger partial charge in [-0.25, -0.2) is 4.39 Å². The first-order chi connectivity index (χ1) is 8.99. The zero-order valence-corrected chi connectivity index (χ0v) is 12.0. The second-order valence-corrected chi connectivity index (χ2v) is 5.87. The van der Waals surface area contributed by atoms with Crippen LogP contribution >= 0.6 is 11.3 Å². The van der Waals surface area contributed by atoms with Crippen molar-refractivity contribution in [2.75, 3.05) is 7.05 Å². The van der Waals surface area contributed by atoms with Crippen LogP contribution in [0, 0.1) is 12.7 Å². The Balaban J connectivity index is 2.17. The summed E-state index contributed by atoms with van der Waals surface area (Å²) < 4.78 is 12.9. The quantitative estimate of drug-likeness (QED) is 0.829. The van der Waals surface area contributed by atoms with Gasteiger partial charge in [0.1, 0.15) is 5.82 Å². The Bertz CT molecular complexity index is 576. The summed E-state index contributed by atoms with van der Waals surface area (Å²) in [5.74, 6) is -0.431. The van der Waals surface area contributed by atoms with Crippen molar-refractivity contribution >= 4 is 17.2 Å². The largest absolute Gasteiger partial charge is 0.334 e. The van der Waals surface area contributed by atoms with E-state index in [9.17, 15) is 9.18 Å². The Hall–Kier alpha value is -1.68. The van der Waals surface area contributed by atoms with Gasteiger partial charge in [0.25, 0.3) is 5.91 Å². The summed E-state index contributed by atoms with van der Waals surface area (Å²) in [6.45, 7) is 4.04. The number of halogens is 1. The maximum absolute atomic E-state index is 12.9. The van der Waals surface area contributed by atoms with Crippen LogP contribution in [0.25, 0.3) is 0 Å². The van der Waals surface area contributed by atoms with Gasteiger partial charge in [-0.3, -0.25) is 4.79 Å². The van der Waals surface area contributed by atoms with Crippen LogP contribution in [0.3, 0.4) is 0 Å². The first-order valence-electron chi connectivity index (χ1n) is 6.08. The van der Waals surface area contributed by atoms with E-state index in [0.29, 0.717) is 5.56 Å². The Morgan fingerprint density at radius 3 is 2.37 bits per heavy atom. The first kappa shape index (κ1) is 13.7. The molecule has 1 aromatic heterocycles. The number of benzene rings is 1. The average molecular weight is 277 g/mol. The molecule has 0 bridgehead atoms. The van der Waals surface area contributed by atoms with Crippen molar-refractivity contribution in [1.82, 2.24) is 4.90 Å². The Morgan fingerprint density at radius 1 is 1.21 bits per heavy atom. The molecule has 2 aromatic rings. The molecule has 4 heteroatoms. The van der Waals surface area contributed by atoms with Gasteiger partial charge < -0.3 is 4.90 Å². The van der Waals surface area contributed by atoms with Gasteiger partial charge in [0, 0.05) is 22.4 Å². The molecular formula is C15H16FNOS. The third-order valence-electron chi connectivity index (χ3n) is 3.17. The summed E-state index contributed by atoms with van der Waals surface area (Å²) in [5, 5.41) is 0. The number of thiophene rings is 1. The fourth-order valence-electron chi connectivity index (χ4n) is 1.84. The van der Waals surface area contributed by atoms with Gasteiger partial charge in [-0.15, -0.1) is 11.3 Å². The number of carbonyl (C=O) groups is 1. The lowest BCUT2D eigenvalue weighted by Gasteiger charge is -2.24. The van der Waals surface area contributed by atoms with E-state index in [0.717, 1.165) is 4.88 Å². The van der Waals surface area contributed by atoms with Crippen LogP contribution in [-0.4, -0.2) is 17.9 Å². The van der Waals surface area contributed by atoms with Gasteiger partial charge in [-0.2, -0.15) is 0 Å². The summed E-state index contributed by atoms with van der Waals surface area (Å²) in [6.07, 6.45) is 0. The SMILES string of the molecule is Cc1ccc(C(C)N(C)C(=O)c2ccc(F)cc2)s1. The fraction of sp³-hybridized carbons (Fsp3) is 0.267. The molecule has 0 aliphatic heterocycles. The van der Waals surface area contributed by atoms with Crippen LogP contribution in [-0.2, 0) is 0 Å². The van der Waals surface area contributed by atoms with Crippen molar-refractivity contribution < 1.29 is 9.18 Å². The predicted molar refractivity (Wildman–Crippen MR) is 76.0 cm³/mol. The Kier molecular flexibility index (Phi) is 4.00. The lowest BCUT2D eigenvalue weighted by molar-refractivity contribution is 0.0745. The van der Waals surface area contributed by atoms with E-state index in [2.05, 4.69) is 0 Å². The molecule has 1 amide bonds. The van der Waals surface area contributed by atoms with Gasteiger partial charge in [0.2, 0.25) is 0 Å². The highest BCUT2D eigenvalue weighted by atomic mass is 32.1. The molecule has 0 aliphatic rings. The molecular weight excluding hydrogens is 261 g/mol. The monoisotopic (exact) mass is 277 g/mol. The Morgan fingerprint density at radius 2 is 1.84 bits per heavy atom. The standard InChI is InChI=1S/C15H16FNOS/c1-10-4-9-14(19-10)11(2)17(3)15(18)12-5-7-13(16)8-6-12/h4-9,11H,1-3H3. The van der Waals surface area contributed by atoms with E-state index in [1.54, 1.807) is 23.3 Å². The second-order valence-electron chi connectivity index (χ2n) is 4.55. The maximum atomic E-state index is 12.9. The average Bonchev–Trinajstić information content (AvgIpc) is 2.84. The van der Waals surface area contributed by atoms with Crippen molar-refractivity contribution in [2.24, 2.45) is 0 Å². The Labute approximate surface area is 116 Å². The molecule has 100 valence electrons. The number of rotatable bonds is 3. The lowest BCUT2D eigenvalue weighted by atomic mass is 10.1. The van der Waals surface area contributed by atoms with Crippen molar-refractivity contribution in [3.63, 3.8) is 0 Å². The number of hydrogen-bond donors (Lipinski definition) is 0. The highest BCUT2D eigenvalue weighted by Gasteiger charge is 2.19. The summed E-state index contributed by atoms with van der Waals surface area (Å²) in [7, 11) is 1.77. The molecule has 1 heterocycles. The number of nitrogens with zero attached hydrogens (tertiary/aromatic N) is 1. The topological polar surface area (TPSA) is 20.3 Å². The van der Waals surface area contributed by atoms with Crippen LogP contribution in [0.4, 0.5) is 4.39 Å². The predicted octanol–water partition coefficient (Wildman–Crippen LogP) is 4.03. The molecule has 2 nitrogen and oxygen atoms in total. The number of carbonyl (C=O) groups excluding carboxylic acids is 1. The van der Waals surface area contributed by atoms with Gasteiger partial charge in [-0.05, 0) is 50.2 Å². The van der Waals surface area contributed by atoms with Crippen LogP contribution in [0.2, 0.25) is 0 Å². The molecule has 0 N–H and O–H groups in total. The van der Waals surface area contributed by atoms with Crippen molar-refractivity contribution in [3.8, 4) is 0 Å². The summed E-state index contributed by atoms with van der Waals surface area (Å²) in [4.78, 5) is 16.3. The summed E-state index contributed by atoms with van der Waals surface area (Å²) in [6, 6.07) is 9.74. The summed E-state index contributed by atoms with van der Waals surface area (Å²) in [5.41, 5.74) is 0.504. The number of amides is 1. The van der Waals surface area contributed by atoms with E-state index < -0.39 is 0 Å². The molecule has 0 saturated heterocycles. The zero-order chi connectivity index (χ0) is 14.0. The summed E-state index contributed by atoms with van der Waals surface area (Å²) >= 11 is 1.69. The van der Waals surface area contributed by atoms with Crippen LogP contribution in [0.1, 0.15) is 33.1 Å². The second kappa shape index (κ2) is 5.53. The minimum Gasteiger partial charge on any atom is -0.334 e. The molecule has 1 unspecified atom stereocenters. The fourth-order valence-corrected chi connectivity index (χ4v) is 2.81.